The molecule has 1 N–H and O–H groups in total. The summed E-state index contributed by atoms with van der Waals surface area (Å²) in [6.45, 7) is 4.39. The summed E-state index contributed by atoms with van der Waals surface area (Å²) in [4.78, 5) is 29.4. The first-order chi connectivity index (χ1) is 16.4. The van der Waals surface area contributed by atoms with Crippen LogP contribution in [0.2, 0.25) is 0 Å². The summed E-state index contributed by atoms with van der Waals surface area (Å²) in [7, 11) is 3.11. The second-order valence-corrected chi connectivity index (χ2v) is 9.67. The number of carbonyl (C=O) groups is 2. The first-order valence-electron chi connectivity index (χ1n) is 11.8. The van der Waals surface area contributed by atoms with Crippen molar-refractivity contribution < 1.29 is 23.5 Å². The third kappa shape index (κ3) is 3.52. The predicted octanol–water partition coefficient (Wildman–Crippen LogP) is 4.37. The first kappa shape index (κ1) is 22.4. The minimum absolute atomic E-state index is 0.114. The van der Waals surface area contributed by atoms with Gasteiger partial charge in [0.25, 0.3) is 5.91 Å². The van der Waals surface area contributed by atoms with Crippen LogP contribution in [-0.4, -0.2) is 42.2 Å². The van der Waals surface area contributed by atoms with Crippen molar-refractivity contribution in [2.24, 2.45) is 5.92 Å². The van der Waals surface area contributed by atoms with E-state index in [0.717, 1.165) is 31.2 Å². The van der Waals surface area contributed by atoms with E-state index in [4.69, 9.17) is 13.9 Å². The Morgan fingerprint density at radius 1 is 1.09 bits per heavy atom. The summed E-state index contributed by atoms with van der Waals surface area (Å²) in [5.74, 6) is 1.30. The van der Waals surface area contributed by atoms with Crippen molar-refractivity contribution in [2.75, 3.05) is 19.1 Å². The summed E-state index contributed by atoms with van der Waals surface area (Å²) >= 11 is 0. The highest BCUT2D eigenvalue weighted by molar-refractivity contribution is 6.13. The molecule has 1 aliphatic carbocycles. The average Bonchev–Trinajstić information content (AvgIpc) is 3.43. The van der Waals surface area contributed by atoms with E-state index in [-0.39, 0.29) is 17.9 Å². The van der Waals surface area contributed by atoms with E-state index in [1.54, 1.807) is 49.6 Å². The van der Waals surface area contributed by atoms with E-state index >= 15 is 0 Å². The van der Waals surface area contributed by atoms with Crippen molar-refractivity contribution in [2.45, 2.75) is 57.7 Å². The van der Waals surface area contributed by atoms with Crippen molar-refractivity contribution >= 4 is 28.6 Å². The highest BCUT2D eigenvalue weighted by atomic mass is 16.5. The molecule has 1 aromatic carbocycles. The van der Waals surface area contributed by atoms with Gasteiger partial charge in [-0.15, -0.1) is 0 Å². The molecule has 8 heteroatoms. The molecule has 0 unspecified atom stereocenters. The van der Waals surface area contributed by atoms with Crippen molar-refractivity contribution in [3.05, 3.63) is 42.3 Å². The van der Waals surface area contributed by atoms with Crippen molar-refractivity contribution in [3.63, 3.8) is 0 Å². The fourth-order valence-electron chi connectivity index (χ4n) is 5.33. The second-order valence-electron chi connectivity index (χ2n) is 9.67. The van der Waals surface area contributed by atoms with E-state index in [1.807, 2.05) is 17.6 Å². The minimum atomic E-state index is -1.16. The van der Waals surface area contributed by atoms with E-state index in [1.165, 1.54) is 0 Å². The number of benzene rings is 1. The number of anilines is 1. The second kappa shape index (κ2) is 8.42. The van der Waals surface area contributed by atoms with Crippen molar-refractivity contribution in [1.82, 2.24) is 9.88 Å². The van der Waals surface area contributed by atoms with Crippen LogP contribution < -0.4 is 19.7 Å². The SMILES string of the molecule is COc1ccc(N2C(=O)c3cc4occc4n3C[C@@]2(C)C(=O)NC2CCC(C)CC2)cc1OC. The maximum absolute atomic E-state index is 13.9. The van der Waals surface area contributed by atoms with Gasteiger partial charge in [-0.3, -0.25) is 14.5 Å². The molecule has 3 aromatic rings. The van der Waals surface area contributed by atoms with Crippen LogP contribution in [0.5, 0.6) is 11.5 Å². The molecule has 5 rings (SSSR count). The van der Waals surface area contributed by atoms with E-state index in [9.17, 15) is 9.59 Å². The number of methoxy groups -OCH3 is 2. The Kier molecular flexibility index (Phi) is 5.54. The van der Waals surface area contributed by atoms with Crippen molar-refractivity contribution in [3.8, 4) is 11.5 Å². The number of nitrogens with zero attached hydrogens (tertiary/aromatic N) is 2. The molecule has 2 aliphatic rings. The molecule has 1 saturated carbocycles. The van der Waals surface area contributed by atoms with Gasteiger partial charge in [0, 0.05) is 29.9 Å². The molecule has 0 bridgehead atoms. The van der Waals surface area contributed by atoms with Crippen LogP contribution in [0.15, 0.2) is 41.0 Å². The topological polar surface area (TPSA) is 85.9 Å². The number of hydrogen-bond acceptors (Lipinski definition) is 5. The monoisotopic (exact) mass is 465 g/mol. The summed E-state index contributed by atoms with van der Waals surface area (Å²) in [5.41, 5.74) is 1.33. The lowest BCUT2D eigenvalue weighted by atomic mass is 9.86. The molecular formula is C26H31N3O5. The van der Waals surface area contributed by atoms with Crippen LogP contribution >= 0.6 is 0 Å². The highest BCUT2D eigenvalue weighted by Crippen LogP contribution is 2.39. The Morgan fingerprint density at radius 3 is 2.53 bits per heavy atom. The van der Waals surface area contributed by atoms with Gasteiger partial charge >= 0.3 is 0 Å². The van der Waals surface area contributed by atoms with E-state index in [0.29, 0.717) is 40.9 Å². The summed E-state index contributed by atoms with van der Waals surface area (Å²) in [6.07, 6.45) is 5.70. The number of rotatable bonds is 5. The largest absolute Gasteiger partial charge is 0.493 e. The number of ether oxygens (including phenoxy) is 2. The molecule has 2 amide bonds. The predicted molar refractivity (Wildman–Crippen MR) is 129 cm³/mol. The molecule has 8 nitrogen and oxygen atoms in total. The number of carbonyl (C=O) groups excluding carboxylic acids is 2. The van der Waals surface area contributed by atoms with Crippen LogP contribution in [0.1, 0.15) is 50.0 Å². The van der Waals surface area contributed by atoms with E-state index in [2.05, 4.69) is 12.2 Å². The van der Waals surface area contributed by atoms with Crippen LogP contribution in [0.4, 0.5) is 5.69 Å². The smallest absolute Gasteiger partial charge is 0.276 e. The normalized spacial score (nSPS) is 24.7. The molecule has 3 heterocycles. The zero-order valence-electron chi connectivity index (χ0n) is 20.1. The fraction of sp³-hybridized carbons (Fsp3) is 0.462. The molecule has 1 atom stereocenters. The van der Waals surface area contributed by atoms with Gasteiger partial charge < -0.3 is 23.8 Å². The van der Waals surface area contributed by atoms with Gasteiger partial charge in [-0.05, 0) is 50.7 Å². The Hall–Kier alpha value is -3.42. The zero-order chi connectivity index (χ0) is 24.0. The lowest BCUT2D eigenvalue weighted by molar-refractivity contribution is -0.127. The molecule has 0 saturated heterocycles. The molecule has 180 valence electrons. The van der Waals surface area contributed by atoms with Gasteiger partial charge in [-0.25, -0.2) is 0 Å². The third-order valence-electron chi connectivity index (χ3n) is 7.37. The molecule has 0 radical (unpaired) electrons. The Morgan fingerprint density at radius 2 is 1.82 bits per heavy atom. The molecule has 34 heavy (non-hydrogen) atoms. The summed E-state index contributed by atoms with van der Waals surface area (Å²) in [6, 6.07) is 8.97. The molecular weight excluding hydrogens is 434 g/mol. The highest BCUT2D eigenvalue weighted by Gasteiger charge is 2.49. The lowest BCUT2D eigenvalue weighted by Gasteiger charge is -2.44. The number of furan rings is 1. The third-order valence-corrected chi connectivity index (χ3v) is 7.37. The Bertz CT molecular complexity index is 1240. The number of aromatic nitrogens is 1. The van der Waals surface area contributed by atoms with Gasteiger partial charge in [0.1, 0.15) is 11.2 Å². The van der Waals surface area contributed by atoms with Crippen LogP contribution in [0.3, 0.4) is 0 Å². The van der Waals surface area contributed by atoms with Gasteiger partial charge in [-0.1, -0.05) is 6.92 Å². The van der Waals surface area contributed by atoms with Crippen LogP contribution in [0.25, 0.3) is 11.1 Å². The maximum atomic E-state index is 13.9. The van der Waals surface area contributed by atoms with Crippen LogP contribution in [0, 0.1) is 5.92 Å². The number of fused-ring (bicyclic) bond motifs is 3. The number of hydrogen-bond donors (Lipinski definition) is 1. The lowest BCUT2D eigenvalue weighted by Crippen LogP contribution is -2.65. The quantitative estimate of drug-likeness (QED) is 0.605. The van der Waals surface area contributed by atoms with Crippen molar-refractivity contribution in [1.29, 1.82) is 0 Å². The Balaban J connectivity index is 1.58. The van der Waals surface area contributed by atoms with Gasteiger partial charge in [0.2, 0.25) is 5.91 Å². The number of amides is 2. The summed E-state index contributed by atoms with van der Waals surface area (Å²) in [5, 5.41) is 3.26. The average molecular weight is 466 g/mol. The maximum Gasteiger partial charge on any atom is 0.276 e. The summed E-state index contributed by atoms with van der Waals surface area (Å²) < 4.78 is 18.3. The van der Waals surface area contributed by atoms with Crippen LogP contribution in [-0.2, 0) is 11.3 Å². The molecule has 2 aromatic heterocycles. The fourth-order valence-corrected chi connectivity index (χ4v) is 5.33. The number of nitrogens with one attached hydrogen (secondary N) is 1. The van der Waals surface area contributed by atoms with Gasteiger partial charge in [0.05, 0.1) is 32.5 Å². The Labute approximate surface area is 198 Å². The molecule has 1 fully saturated rings. The zero-order valence-corrected chi connectivity index (χ0v) is 20.1. The van der Waals surface area contributed by atoms with E-state index < -0.39 is 5.54 Å². The van der Waals surface area contributed by atoms with Gasteiger partial charge in [-0.2, -0.15) is 0 Å². The molecule has 0 spiro atoms. The first-order valence-corrected chi connectivity index (χ1v) is 11.8. The minimum Gasteiger partial charge on any atom is -0.493 e. The standard InChI is InChI=1S/C26H31N3O5/c1-16-5-7-17(8-6-16)27-25(31)26(2)15-28-19-11-12-34-22(19)14-20(28)24(30)29(26)18-9-10-21(32-3)23(13-18)33-4/h9-14,16-17H,5-8,15H2,1-4H3,(H,27,31)/t16?,17?,26-/m0/s1. The molecule has 1 aliphatic heterocycles. The van der Waals surface area contributed by atoms with Gasteiger partial charge in [0.15, 0.2) is 17.1 Å².